The molecule has 0 unspecified atom stereocenters. The Morgan fingerprint density at radius 1 is 1.07 bits per heavy atom. The maximum Gasteiger partial charge on any atom is 0.338 e. The summed E-state index contributed by atoms with van der Waals surface area (Å²) < 4.78 is 24.5. The van der Waals surface area contributed by atoms with Gasteiger partial charge >= 0.3 is 11.9 Å². The Labute approximate surface area is 255 Å². The standard InChI is InChI=1S/C33H38N2O7S/c1-7-9-16-40-25-13-10-23(11-14-25)17-28-31(37)35-30(24-12-15-26(42-22(6)36)27(18-24)39-8-2)29(21(5)34-33(35)43-28)32(38)41-19-20(3)4/h10-15,17-18,20,30H,7-9,16,19H2,1-6H3/b28-17+/t30-/m0/s1. The van der Waals surface area contributed by atoms with Crippen LogP contribution >= 0.6 is 11.3 Å². The van der Waals surface area contributed by atoms with Gasteiger partial charge in [0.1, 0.15) is 5.75 Å². The molecule has 1 aliphatic rings. The molecule has 2 aromatic carbocycles. The van der Waals surface area contributed by atoms with Crippen LogP contribution in [-0.4, -0.2) is 36.3 Å². The lowest BCUT2D eigenvalue weighted by Gasteiger charge is -2.25. The minimum absolute atomic E-state index is 0.125. The second-order valence-electron chi connectivity index (χ2n) is 10.6. The molecule has 0 aliphatic carbocycles. The Bertz CT molecular complexity index is 1680. The van der Waals surface area contributed by atoms with Crippen molar-refractivity contribution in [2.75, 3.05) is 19.8 Å². The van der Waals surface area contributed by atoms with Crippen LogP contribution in [0.25, 0.3) is 6.08 Å². The lowest BCUT2D eigenvalue weighted by Crippen LogP contribution is -2.40. The van der Waals surface area contributed by atoms with Gasteiger partial charge in [0.2, 0.25) is 0 Å². The Hall–Kier alpha value is -4.18. The fourth-order valence-corrected chi connectivity index (χ4v) is 5.61. The number of fused-ring (bicyclic) bond motifs is 1. The van der Waals surface area contributed by atoms with E-state index in [1.165, 1.54) is 22.8 Å². The average Bonchev–Trinajstić information content (AvgIpc) is 3.26. The van der Waals surface area contributed by atoms with E-state index in [9.17, 15) is 14.4 Å². The maximum atomic E-state index is 14.0. The first-order valence-corrected chi connectivity index (χ1v) is 15.3. The van der Waals surface area contributed by atoms with Crippen LogP contribution in [0.2, 0.25) is 0 Å². The zero-order valence-corrected chi connectivity index (χ0v) is 26.3. The molecule has 0 spiro atoms. The third-order valence-electron chi connectivity index (χ3n) is 6.57. The summed E-state index contributed by atoms with van der Waals surface area (Å²) in [6.07, 6.45) is 3.84. The van der Waals surface area contributed by atoms with Crippen molar-refractivity contribution in [2.45, 2.75) is 60.4 Å². The highest BCUT2D eigenvalue weighted by molar-refractivity contribution is 7.07. The number of benzene rings is 2. The van der Waals surface area contributed by atoms with Gasteiger partial charge in [-0.15, -0.1) is 0 Å². The topological polar surface area (TPSA) is 105 Å². The van der Waals surface area contributed by atoms with Gasteiger partial charge in [0.15, 0.2) is 16.3 Å². The first-order chi connectivity index (χ1) is 20.6. The van der Waals surface area contributed by atoms with Crippen LogP contribution in [0.4, 0.5) is 0 Å². The lowest BCUT2D eigenvalue weighted by molar-refractivity contribution is -0.140. The number of rotatable bonds is 12. The minimum Gasteiger partial charge on any atom is -0.494 e. The number of ether oxygens (including phenoxy) is 4. The van der Waals surface area contributed by atoms with Crippen molar-refractivity contribution in [3.63, 3.8) is 0 Å². The van der Waals surface area contributed by atoms with Crippen LogP contribution in [0.5, 0.6) is 17.2 Å². The van der Waals surface area contributed by atoms with E-state index in [0.717, 1.165) is 24.2 Å². The molecule has 1 aromatic heterocycles. The number of carbonyl (C=O) groups is 2. The Balaban J connectivity index is 1.83. The average molecular weight is 607 g/mol. The molecule has 1 aliphatic heterocycles. The molecular formula is C33H38N2O7S. The SMILES string of the molecule is CCCCOc1ccc(/C=c2/sc3n(c2=O)[C@@H](c2ccc(OC(C)=O)c(OCC)c2)C(C(=O)OCC(C)C)=C(C)N=3)cc1. The summed E-state index contributed by atoms with van der Waals surface area (Å²) in [6.45, 7) is 12.1. The predicted octanol–water partition coefficient (Wildman–Crippen LogP) is 4.94. The third-order valence-corrected chi connectivity index (χ3v) is 7.55. The number of hydrogen-bond acceptors (Lipinski definition) is 9. The highest BCUT2D eigenvalue weighted by Gasteiger charge is 2.34. The zero-order valence-electron chi connectivity index (χ0n) is 25.5. The molecule has 0 saturated heterocycles. The summed E-state index contributed by atoms with van der Waals surface area (Å²) in [5.74, 6) is 0.432. The van der Waals surface area contributed by atoms with Crippen molar-refractivity contribution < 1.29 is 28.5 Å². The number of carbonyl (C=O) groups excluding carboxylic acids is 2. The molecule has 2 heterocycles. The van der Waals surface area contributed by atoms with Crippen molar-refractivity contribution in [3.05, 3.63) is 84.5 Å². The van der Waals surface area contributed by atoms with Crippen LogP contribution in [0.3, 0.4) is 0 Å². The summed E-state index contributed by atoms with van der Waals surface area (Å²) in [5.41, 5.74) is 1.85. The molecule has 10 heteroatoms. The summed E-state index contributed by atoms with van der Waals surface area (Å²) in [5, 5.41) is 0. The van der Waals surface area contributed by atoms with E-state index in [0.29, 0.717) is 39.6 Å². The monoisotopic (exact) mass is 606 g/mol. The number of esters is 2. The highest BCUT2D eigenvalue weighted by Crippen LogP contribution is 2.36. The number of unbranched alkanes of at least 4 members (excludes halogenated alkanes) is 1. The molecule has 228 valence electrons. The second-order valence-corrected chi connectivity index (χ2v) is 11.6. The summed E-state index contributed by atoms with van der Waals surface area (Å²) in [7, 11) is 0. The molecular weight excluding hydrogens is 568 g/mol. The van der Waals surface area contributed by atoms with Gasteiger partial charge in [0, 0.05) is 6.92 Å². The van der Waals surface area contributed by atoms with Crippen LogP contribution < -0.4 is 29.1 Å². The summed E-state index contributed by atoms with van der Waals surface area (Å²) in [6, 6.07) is 11.7. The van der Waals surface area contributed by atoms with Gasteiger partial charge < -0.3 is 18.9 Å². The molecule has 43 heavy (non-hydrogen) atoms. The molecule has 4 rings (SSSR count). The van der Waals surface area contributed by atoms with Crippen LogP contribution in [-0.2, 0) is 14.3 Å². The molecule has 3 aromatic rings. The molecule has 9 nitrogen and oxygen atoms in total. The van der Waals surface area contributed by atoms with E-state index < -0.39 is 18.0 Å². The first-order valence-electron chi connectivity index (χ1n) is 14.5. The quantitative estimate of drug-likeness (QED) is 0.163. The maximum absolute atomic E-state index is 14.0. The van der Waals surface area contributed by atoms with Crippen LogP contribution in [0, 0.1) is 5.92 Å². The molecule has 0 N–H and O–H groups in total. The molecule has 0 radical (unpaired) electrons. The van der Waals surface area contributed by atoms with E-state index in [1.54, 1.807) is 25.1 Å². The van der Waals surface area contributed by atoms with Crippen molar-refractivity contribution in [3.8, 4) is 17.2 Å². The van der Waals surface area contributed by atoms with E-state index in [-0.39, 0.29) is 29.4 Å². The number of aromatic nitrogens is 1. The molecule has 0 saturated carbocycles. The van der Waals surface area contributed by atoms with E-state index >= 15 is 0 Å². The highest BCUT2D eigenvalue weighted by atomic mass is 32.1. The fourth-order valence-electron chi connectivity index (χ4n) is 4.57. The van der Waals surface area contributed by atoms with E-state index in [4.69, 9.17) is 18.9 Å². The number of thiazole rings is 1. The molecule has 0 amide bonds. The first kappa shape index (κ1) is 31.7. The van der Waals surface area contributed by atoms with Gasteiger partial charge in [-0.1, -0.05) is 56.7 Å². The van der Waals surface area contributed by atoms with Crippen molar-refractivity contribution in [1.82, 2.24) is 4.57 Å². The van der Waals surface area contributed by atoms with Crippen LogP contribution in [0.1, 0.15) is 71.6 Å². The zero-order chi connectivity index (χ0) is 31.1. The van der Waals surface area contributed by atoms with E-state index in [1.807, 2.05) is 51.1 Å². The number of allylic oxidation sites excluding steroid dienone is 1. The van der Waals surface area contributed by atoms with Crippen molar-refractivity contribution in [2.24, 2.45) is 10.9 Å². The van der Waals surface area contributed by atoms with Gasteiger partial charge in [-0.3, -0.25) is 14.2 Å². The van der Waals surface area contributed by atoms with Gasteiger partial charge in [-0.25, -0.2) is 9.79 Å². The summed E-state index contributed by atoms with van der Waals surface area (Å²) in [4.78, 5) is 44.3. The van der Waals surface area contributed by atoms with Gasteiger partial charge in [-0.2, -0.15) is 0 Å². The number of nitrogens with zero attached hydrogens (tertiary/aromatic N) is 2. The molecule has 0 bridgehead atoms. The smallest absolute Gasteiger partial charge is 0.338 e. The van der Waals surface area contributed by atoms with Gasteiger partial charge in [0.25, 0.3) is 5.56 Å². The predicted molar refractivity (Wildman–Crippen MR) is 165 cm³/mol. The van der Waals surface area contributed by atoms with Crippen molar-refractivity contribution in [1.29, 1.82) is 0 Å². The van der Waals surface area contributed by atoms with Crippen LogP contribution in [0.15, 0.2) is 63.5 Å². The molecule has 0 fully saturated rings. The van der Waals surface area contributed by atoms with E-state index in [2.05, 4.69) is 11.9 Å². The largest absolute Gasteiger partial charge is 0.494 e. The Morgan fingerprint density at radius 3 is 2.47 bits per heavy atom. The van der Waals surface area contributed by atoms with Gasteiger partial charge in [0.05, 0.1) is 41.7 Å². The van der Waals surface area contributed by atoms with Crippen molar-refractivity contribution >= 4 is 29.4 Å². The number of hydrogen-bond donors (Lipinski definition) is 0. The minimum atomic E-state index is -0.835. The molecule has 1 atom stereocenters. The normalized spacial score (nSPS) is 14.8. The van der Waals surface area contributed by atoms with Gasteiger partial charge in [-0.05, 0) is 67.7 Å². The second kappa shape index (κ2) is 14.3. The Morgan fingerprint density at radius 2 is 1.81 bits per heavy atom. The Kier molecular flexibility index (Phi) is 10.6. The third kappa shape index (κ3) is 7.62. The lowest BCUT2D eigenvalue weighted by atomic mass is 9.95. The fraction of sp³-hybridized carbons (Fsp3) is 0.394. The summed E-state index contributed by atoms with van der Waals surface area (Å²) >= 11 is 1.25.